The summed E-state index contributed by atoms with van der Waals surface area (Å²) in [7, 11) is 0. The van der Waals surface area contributed by atoms with Crippen LogP contribution in [-0.4, -0.2) is 23.7 Å². The molecule has 0 saturated heterocycles. The molecule has 6 heteroatoms. The Labute approximate surface area is 164 Å². The molecular formula is C21H25N3O2S. The van der Waals surface area contributed by atoms with E-state index >= 15 is 0 Å². The summed E-state index contributed by atoms with van der Waals surface area (Å²) in [6.07, 6.45) is 0.868. The highest BCUT2D eigenvalue weighted by molar-refractivity contribution is 8.00. The zero-order chi connectivity index (χ0) is 19.4. The molecule has 1 unspecified atom stereocenters. The van der Waals surface area contributed by atoms with Crippen LogP contribution in [0.3, 0.4) is 0 Å². The number of hydrogen-bond acceptors (Lipinski definition) is 3. The predicted molar refractivity (Wildman–Crippen MR) is 111 cm³/mol. The van der Waals surface area contributed by atoms with Gasteiger partial charge in [0, 0.05) is 16.6 Å². The third kappa shape index (κ3) is 4.83. The van der Waals surface area contributed by atoms with Crippen molar-refractivity contribution in [2.24, 2.45) is 0 Å². The van der Waals surface area contributed by atoms with Crippen molar-refractivity contribution in [1.29, 1.82) is 0 Å². The fraction of sp³-hybridized carbons (Fsp3) is 0.333. The van der Waals surface area contributed by atoms with Crippen LogP contribution in [-0.2, 0) is 11.3 Å². The number of urea groups is 1. The molecule has 0 aliphatic carbocycles. The molecule has 1 heterocycles. The van der Waals surface area contributed by atoms with E-state index in [1.54, 1.807) is 4.90 Å². The first-order chi connectivity index (χ1) is 13.0. The van der Waals surface area contributed by atoms with Crippen LogP contribution in [0.1, 0.15) is 31.4 Å². The van der Waals surface area contributed by atoms with Gasteiger partial charge >= 0.3 is 6.03 Å². The number of carbonyl (C=O) groups is 2. The summed E-state index contributed by atoms with van der Waals surface area (Å²) in [6.45, 7) is 6.56. The van der Waals surface area contributed by atoms with E-state index < -0.39 is 0 Å². The van der Waals surface area contributed by atoms with Gasteiger partial charge < -0.3 is 15.5 Å². The second-order valence-corrected chi connectivity index (χ2v) is 7.86. The second kappa shape index (κ2) is 8.48. The molecule has 2 aromatic rings. The number of rotatable bonds is 5. The summed E-state index contributed by atoms with van der Waals surface area (Å²) in [5.74, 6) is 0.509. The monoisotopic (exact) mass is 383 g/mol. The van der Waals surface area contributed by atoms with Crippen molar-refractivity contribution in [3.05, 3.63) is 53.6 Å². The maximum absolute atomic E-state index is 12.6. The molecule has 3 amide bonds. The van der Waals surface area contributed by atoms with Crippen molar-refractivity contribution in [1.82, 2.24) is 5.32 Å². The number of fused-ring (bicyclic) bond motifs is 1. The van der Waals surface area contributed by atoms with Gasteiger partial charge in [-0.3, -0.25) is 4.79 Å². The Morgan fingerprint density at radius 1 is 1.22 bits per heavy atom. The molecule has 2 aromatic carbocycles. The quantitative estimate of drug-likeness (QED) is 0.796. The summed E-state index contributed by atoms with van der Waals surface area (Å²) in [4.78, 5) is 27.5. The van der Waals surface area contributed by atoms with E-state index in [1.807, 2.05) is 51.1 Å². The lowest BCUT2D eigenvalue weighted by atomic mass is 10.1. The van der Waals surface area contributed by atoms with Gasteiger partial charge in [0.1, 0.15) is 0 Å². The van der Waals surface area contributed by atoms with E-state index in [0.29, 0.717) is 18.0 Å². The molecule has 27 heavy (non-hydrogen) atoms. The van der Waals surface area contributed by atoms with Gasteiger partial charge in [-0.05, 0) is 44.0 Å². The standard InChI is InChI=1S/C21H25N3O2S/c1-4-15(3)22-21(26)23-17-9-10-19-18(11-17)24(20(25)13-27-19)12-16-7-5-14(2)6-8-16/h5-11,15H,4,12-13H2,1-3H3,(H2,22,23,26). The Bertz CT molecular complexity index is 836. The van der Waals surface area contributed by atoms with E-state index in [9.17, 15) is 9.59 Å². The molecule has 2 N–H and O–H groups in total. The highest BCUT2D eigenvalue weighted by atomic mass is 32.2. The molecule has 1 atom stereocenters. The number of aryl methyl sites for hydroxylation is 1. The van der Waals surface area contributed by atoms with E-state index in [0.717, 1.165) is 22.6 Å². The number of hydrogen-bond donors (Lipinski definition) is 2. The first-order valence-electron chi connectivity index (χ1n) is 9.16. The van der Waals surface area contributed by atoms with Gasteiger partial charge in [0.25, 0.3) is 0 Å². The molecular weight excluding hydrogens is 358 g/mol. The van der Waals surface area contributed by atoms with Crippen molar-refractivity contribution in [3.63, 3.8) is 0 Å². The molecule has 0 saturated carbocycles. The largest absolute Gasteiger partial charge is 0.335 e. The number of nitrogens with one attached hydrogen (secondary N) is 2. The van der Waals surface area contributed by atoms with Crippen LogP contribution in [0, 0.1) is 6.92 Å². The number of nitrogens with zero attached hydrogens (tertiary/aromatic N) is 1. The highest BCUT2D eigenvalue weighted by Gasteiger charge is 2.25. The Hall–Kier alpha value is -2.47. The summed E-state index contributed by atoms with van der Waals surface area (Å²) in [5.41, 5.74) is 3.80. The van der Waals surface area contributed by atoms with E-state index in [1.165, 1.54) is 17.3 Å². The normalized spacial score (nSPS) is 14.5. The van der Waals surface area contributed by atoms with Crippen molar-refractivity contribution >= 4 is 35.1 Å². The minimum atomic E-state index is -0.232. The number of carbonyl (C=O) groups excluding carboxylic acids is 2. The molecule has 0 fully saturated rings. The lowest BCUT2D eigenvalue weighted by Gasteiger charge is -2.29. The molecule has 1 aliphatic rings. The zero-order valence-electron chi connectivity index (χ0n) is 15.9. The summed E-state index contributed by atoms with van der Waals surface area (Å²) < 4.78 is 0. The van der Waals surface area contributed by atoms with Crippen molar-refractivity contribution in [2.75, 3.05) is 16.0 Å². The van der Waals surface area contributed by atoms with Crippen molar-refractivity contribution in [2.45, 2.75) is 44.7 Å². The zero-order valence-corrected chi connectivity index (χ0v) is 16.7. The van der Waals surface area contributed by atoms with Gasteiger partial charge in [-0.2, -0.15) is 0 Å². The Balaban J connectivity index is 1.81. The first kappa shape index (κ1) is 19.3. The molecule has 0 bridgehead atoms. The average Bonchev–Trinajstić information content (AvgIpc) is 2.65. The van der Waals surface area contributed by atoms with E-state index in [2.05, 4.69) is 22.8 Å². The van der Waals surface area contributed by atoms with E-state index in [-0.39, 0.29) is 18.0 Å². The third-order valence-electron chi connectivity index (χ3n) is 4.61. The lowest BCUT2D eigenvalue weighted by Crippen LogP contribution is -2.36. The van der Waals surface area contributed by atoms with Gasteiger partial charge in [0.2, 0.25) is 5.91 Å². The van der Waals surface area contributed by atoms with Crippen LogP contribution in [0.2, 0.25) is 0 Å². The Kier molecular flexibility index (Phi) is 6.06. The Morgan fingerprint density at radius 3 is 2.67 bits per heavy atom. The minimum absolute atomic E-state index is 0.0780. The molecule has 142 valence electrons. The smallest absolute Gasteiger partial charge is 0.319 e. The fourth-order valence-electron chi connectivity index (χ4n) is 2.82. The minimum Gasteiger partial charge on any atom is -0.335 e. The van der Waals surface area contributed by atoms with Crippen LogP contribution in [0.15, 0.2) is 47.4 Å². The number of benzene rings is 2. The third-order valence-corrected chi connectivity index (χ3v) is 5.66. The maximum atomic E-state index is 12.6. The molecule has 5 nitrogen and oxygen atoms in total. The van der Waals surface area contributed by atoms with Gasteiger partial charge in [-0.15, -0.1) is 11.8 Å². The number of amides is 3. The second-order valence-electron chi connectivity index (χ2n) is 6.84. The summed E-state index contributed by atoms with van der Waals surface area (Å²) in [5, 5.41) is 5.75. The lowest BCUT2D eigenvalue weighted by molar-refractivity contribution is -0.116. The topological polar surface area (TPSA) is 61.4 Å². The fourth-order valence-corrected chi connectivity index (χ4v) is 3.74. The Morgan fingerprint density at radius 2 is 1.96 bits per heavy atom. The highest BCUT2D eigenvalue weighted by Crippen LogP contribution is 2.38. The van der Waals surface area contributed by atoms with Crippen molar-refractivity contribution in [3.8, 4) is 0 Å². The first-order valence-corrected chi connectivity index (χ1v) is 10.1. The average molecular weight is 384 g/mol. The van der Waals surface area contributed by atoms with Crippen LogP contribution in [0.5, 0.6) is 0 Å². The van der Waals surface area contributed by atoms with Crippen LogP contribution in [0.25, 0.3) is 0 Å². The van der Waals surface area contributed by atoms with E-state index in [4.69, 9.17) is 0 Å². The summed E-state index contributed by atoms with van der Waals surface area (Å²) >= 11 is 1.54. The molecule has 3 rings (SSSR count). The van der Waals surface area contributed by atoms with Crippen LogP contribution < -0.4 is 15.5 Å². The van der Waals surface area contributed by atoms with Crippen LogP contribution >= 0.6 is 11.8 Å². The van der Waals surface area contributed by atoms with Crippen molar-refractivity contribution < 1.29 is 9.59 Å². The van der Waals surface area contributed by atoms with Gasteiger partial charge in [0.15, 0.2) is 0 Å². The molecule has 0 radical (unpaired) electrons. The number of anilines is 2. The van der Waals surface area contributed by atoms with Gasteiger partial charge in [-0.25, -0.2) is 4.79 Å². The predicted octanol–water partition coefficient (Wildman–Crippen LogP) is 4.55. The summed E-state index contributed by atoms with van der Waals surface area (Å²) in [6, 6.07) is 13.8. The molecule has 0 spiro atoms. The molecule has 0 aromatic heterocycles. The molecule has 1 aliphatic heterocycles. The maximum Gasteiger partial charge on any atom is 0.319 e. The SMILES string of the molecule is CCC(C)NC(=O)Nc1ccc2c(c1)N(Cc1ccc(C)cc1)C(=O)CS2. The van der Waals surface area contributed by atoms with Gasteiger partial charge in [0.05, 0.1) is 18.0 Å². The number of thioether (sulfide) groups is 1. The van der Waals surface area contributed by atoms with Crippen LogP contribution in [0.4, 0.5) is 16.2 Å². The van der Waals surface area contributed by atoms with Gasteiger partial charge in [-0.1, -0.05) is 36.8 Å².